The van der Waals surface area contributed by atoms with Gasteiger partial charge in [0, 0.05) is 45.0 Å². The largest absolute Gasteiger partial charge is 2.00 e. The molecule has 0 saturated heterocycles. The van der Waals surface area contributed by atoms with Crippen LogP contribution in [0.4, 0.5) is 4.79 Å². The van der Waals surface area contributed by atoms with Gasteiger partial charge in [-0.15, -0.1) is 0 Å². The Hall–Kier alpha value is 0.997. The summed E-state index contributed by atoms with van der Waals surface area (Å²) in [6.07, 6.45) is 0. The monoisotopic (exact) mass is 251 g/mol. The molecule has 0 unspecified atom stereocenters. The zero-order chi connectivity index (χ0) is 3.58. The van der Waals surface area contributed by atoms with Gasteiger partial charge in [0.2, 0.25) is 0 Å². The topological polar surface area (TPSA) is 64.7 Å². The third-order valence-corrected chi connectivity index (χ3v) is 0. The van der Waals surface area contributed by atoms with Gasteiger partial charge in [-0.1, -0.05) is 0 Å². The summed E-state index contributed by atoms with van der Waals surface area (Å²) in [6, 6.07) is -1.33. The predicted molar refractivity (Wildman–Crippen MR) is 19.8 cm³/mol. The second-order valence-electron chi connectivity index (χ2n) is 0.329. The summed E-state index contributed by atoms with van der Waals surface area (Å²) in [7, 11) is 0. The number of carbonyl (C=O) groups is 1. The van der Waals surface area contributed by atoms with E-state index in [4.69, 9.17) is 16.3 Å². The quantitative estimate of drug-likeness (QED) is 0.589. The number of nitrogens with one attached hydrogen (secondary N) is 2. The van der Waals surface area contributed by atoms with E-state index in [-0.39, 0.29) is 62.0 Å². The predicted octanol–water partition coefficient (Wildman–Crippen LogP) is 0.823. The molecule has 0 bridgehead atoms. The Morgan fingerprint density at radius 3 is 1.25 bits per heavy atom. The first-order chi connectivity index (χ1) is 1.73. The van der Waals surface area contributed by atoms with Gasteiger partial charge < -0.3 is 16.3 Å². The second-order valence-corrected chi connectivity index (χ2v) is 0.329. The standard InChI is InChI=1S/CH3N2O.B.Cu.Mn.Zn/c2-1(3)4;;;;/h(H3-,2,3,4);;;;/q-1;;+2;;/p-1. The first-order valence-corrected chi connectivity index (χ1v) is 0.704. The minimum atomic E-state index is -1.33. The van der Waals surface area contributed by atoms with Crippen LogP contribution < -0.4 is 0 Å². The minimum absolute atomic E-state index is 0. The summed E-state index contributed by atoms with van der Waals surface area (Å²) in [5.41, 5.74) is 11.2. The van der Waals surface area contributed by atoms with E-state index >= 15 is 0 Å². The van der Waals surface area contributed by atoms with Crippen molar-refractivity contribution in [3.63, 3.8) is 0 Å². The van der Waals surface area contributed by atoms with Gasteiger partial charge in [-0.25, -0.2) is 0 Å². The summed E-state index contributed by atoms with van der Waals surface area (Å²) >= 11 is 0. The van der Waals surface area contributed by atoms with Gasteiger partial charge in [0.25, 0.3) is 0 Å². The van der Waals surface area contributed by atoms with Crippen molar-refractivity contribution in [3.05, 3.63) is 11.5 Å². The summed E-state index contributed by atoms with van der Waals surface area (Å²) in [5, 5.41) is 0. The van der Waals surface area contributed by atoms with Gasteiger partial charge in [0.1, 0.15) is 0 Å². The molecule has 2 N–H and O–H groups in total. The first-order valence-electron chi connectivity index (χ1n) is 0.704. The van der Waals surface area contributed by atoms with Crippen molar-refractivity contribution in [3.8, 4) is 0 Å². The number of rotatable bonds is 0. The molecule has 45 valence electrons. The van der Waals surface area contributed by atoms with Crippen LogP contribution in [0.15, 0.2) is 0 Å². The molecule has 0 heterocycles. The molecule has 7 heteroatoms. The smallest absolute Gasteiger partial charge is 0.684 e. The van der Waals surface area contributed by atoms with Crippen molar-refractivity contribution < 1.29 is 58.4 Å². The minimum Gasteiger partial charge on any atom is -0.684 e. The van der Waals surface area contributed by atoms with Crippen LogP contribution >= 0.6 is 0 Å². The van der Waals surface area contributed by atoms with E-state index in [9.17, 15) is 0 Å². The van der Waals surface area contributed by atoms with Gasteiger partial charge in [0.15, 0.2) is 0 Å². The SMILES string of the molecule is [B].[Cu+2].[Mn].[NH-]C([NH-])=O.[Zn]. The maximum atomic E-state index is 8.78. The Morgan fingerprint density at radius 2 is 1.25 bits per heavy atom. The van der Waals surface area contributed by atoms with Gasteiger partial charge in [-0.05, 0) is 6.03 Å². The van der Waals surface area contributed by atoms with Crippen LogP contribution in [-0.4, -0.2) is 14.4 Å². The van der Waals surface area contributed by atoms with Crippen molar-refractivity contribution in [1.82, 2.24) is 0 Å². The van der Waals surface area contributed by atoms with E-state index in [1.165, 1.54) is 0 Å². The Balaban J connectivity index is -0.00000000750. The van der Waals surface area contributed by atoms with Crippen molar-refractivity contribution in [2.24, 2.45) is 0 Å². The fraction of sp³-hybridized carbons (Fsp3) is 0. The molecule has 3 nitrogen and oxygen atoms in total. The van der Waals surface area contributed by atoms with Crippen LogP contribution in [0.25, 0.3) is 11.5 Å². The van der Waals surface area contributed by atoms with Crippen LogP contribution in [0.3, 0.4) is 0 Å². The molecule has 0 aromatic heterocycles. The number of hydrogen-bond acceptors (Lipinski definition) is 1. The van der Waals surface area contributed by atoms with Crippen LogP contribution in [0.5, 0.6) is 0 Å². The van der Waals surface area contributed by atoms with Crippen molar-refractivity contribution in [2.45, 2.75) is 0 Å². The average molecular weight is 253 g/mol. The van der Waals surface area contributed by atoms with Gasteiger partial charge in [-0.2, -0.15) is 0 Å². The Labute approximate surface area is 84.0 Å². The maximum Gasteiger partial charge on any atom is 2.00 e. The van der Waals surface area contributed by atoms with Crippen molar-refractivity contribution in [1.29, 1.82) is 0 Å². The van der Waals surface area contributed by atoms with Crippen molar-refractivity contribution in [2.75, 3.05) is 0 Å². The molecule has 0 aliphatic carbocycles. The Morgan fingerprint density at radius 1 is 1.25 bits per heavy atom. The second kappa shape index (κ2) is 24.5. The molecule has 8 heavy (non-hydrogen) atoms. The van der Waals surface area contributed by atoms with E-state index in [1.807, 2.05) is 0 Å². The zero-order valence-corrected chi connectivity index (χ0v) is 8.96. The number of carbonyl (C=O) groups excluding carboxylic acids is 1. The van der Waals surface area contributed by atoms with Gasteiger partial charge in [0.05, 0.1) is 0 Å². The maximum absolute atomic E-state index is 8.78. The van der Waals surface area contributed by atoms with Crippen LogP contribution in [0.2, 0.25) is 0 Å². The molecule has 0 fully saturated rings. The summed E-state index contributed by atoms with van der Waals surface area (Å²) in [4.78, 5) is 8.78. The van der Waals surface area contributed by atoms with Gasteiger partial charge >= 0.3 is 17.1 Å². The molecule has 0 aliphatic rings. The number of hydrogen-bond donors (Lipinski definition) is 0. The molecule has 0 saturated carbocycles. The summed E-state index contributed by atoms with van der Waals surface area (Å²) < 4.78 is 0. The van der Waals surface area contributed by atoms with E-state index in [1.54, 1.807) is 0 Å². The van der Waals surface area contributed by atoms with Crippen LogP contribution in [0.1, 0.15) is 0 Å². The molecular weight excluding hydrogens is 251 g/mol. The molecule has 0 spiro atoms. The third-order valence-electron chi connectivity index (χ3n) is 0. The molecule has 2 amide bonds. The third kappa shape index (κ3) is 253. The van der Waals surface area contributed by atoms with E-state index in [0.717, 1.165) is 0 Å². The number of amides is 2. The molecule has 0 atom stereocenters. The molecule has 5 radical (unpaired) electrons. The zero-order valence-electron chi connectivity index (χ0n) is 3.87. The number of urea groups is 1. The first kappa shape index (κ1) is 36.0. The van der Waals surface area contributed by atoms with E-state index in [0.29, 0.717) is 0 Å². The Kier molecular flexibility index (Phi) is 110. The van der Waals surface area contributed by atoms with Gasteiger partial charge in [-0.3, -0.25) is 0 Å². The molecule has 0 rings (SSSR count). The molecule has 0 aliphatic heterocycles. The molecular formula is CH2BCuMnN2OZn. The molecule has 0 aromatic carbocycles. The fourth-order valence-corrected chi connectivity index (χ4v) is 0. The summed E-state index contributed by atoms with van der Waals surface area (Å²) in [6.45, 7) is 0. The van der Waals surface area contributed by atoms with E-state index < -0.39 is 6.03 Å². The normalized spacial score (nSPS) is 3.00. The van der Waals surface area contributed by atoms with E-state index in [2.05, 4.69) is 0 Å². The fourth-order valence-electron chi connectivity index (χ4n) is 0. The average Bonchev–Trinajstić information content (AvgIpc) is 0.811. The van der Waals surface area contributed by atoms with Crippen molar-refractivity contribution >= 4 is 14.4 Å². The summed E-state index contributed by atoms with van der Waals surface area (Å²) in [5.74, 6) is 0. The van der Waals surface area contributed by atoms with Crippen LogP contribution in [-0.2, 0) is 53.6 Å². The van der Waals surface area contributed by atoms with Crippen LogP contribution in [0, 0.1) is 0 Å². The molecule has 0 aromatic rings. The Bertz CT molecular complexity index is 45.0.